The van der Waals surface area contributed by atoms with Crippen molar-refractivity contribution >= 4 is 35.3 Å². The second kappa shape index (κ2) is 15.5. The summed E-state index contributed by atoms with van der Waals surface area (Å²) in [6, 6.07) is 12.0. The van der Waals surface area contributed by atoms with E-state index in [2.05, 4.69) is 24.8 Å². The van der Waals surface area contributed by atoms with Crippen molar-refractivity contribution in [1.29, 1.82) is 0 Å². The van der Waals surface area contributed by atoms with E-state index >= 15 is 0 Å². The Morgan fingerprint density at radius 2 is 1.56 bits per heavy atom. The molecule has 2 saturated heterocycles. The van der Waals surface area contributed by atoms with Crippen molar-refractivity contribution in [3.63, 3.8) is 0 Å². The third kappa shape index (κ3) is 7.22. The van der Waals surface area contributed by atoms with Crippen LogP contribution in [0.4, 0.5) is 11.9 Å². The molecule has 272 valence electrons. The SMILES string of the molecule is CCOC(=O)C1=C(C)N=c2s/c(=C/c3ccc(Oc4nc(N5CCOCC5)nc(N5CCOCC5)n4)c(OC)c3)c(=O)n2[C@@H]1c1ccc(OC)cc1. The molecule has 0 unspecified atom stereocenters. The van der Waals surface area contributed by atoms with Gasteiger partial charge in [-0.15, -0.1) is 0 Å². The molecule has 5 heterocycles. The van der Waals surface area contributed by atoms with Crippen LogP contribution in [0.3, 0.4) is 0 Å². The van der Waals surface area contributed by atoms with Gasteiger partial charge in [0.25, 0.3) is 5.56 Å². The van der Waals surface area contributed by atoms with Crippen LogP contribution in [0.15, 0.2) is 63.5 Å². The fourth-order valence-corrected chi connectivity index (χ4v) is 7.24. The lowest BCUT2D eigenvalue weighted by atomic mass is 9.96. The molecule has 0 spiro atoms. The summed E-state index contributed by atoms with van der Waals surface area (Å²) in [5.74, 6) is 1.96. The van der Waals surface area contributed by atoms with Crippen LogP contribution in [-0.2, 0) is 19.0 Å². The van der Waals surface area contributed by atoms with Crippen LogP contribution in [-0.4, -0.2) is 98.9 Å². The number of rotatable bonds is 10. The number of benzene rings is 2. The number of anilines is 2. The quantitative estimate of drug-likeness (QED) is 0.220. The van der Waals surface area contributed by atoms with Crippen LogP contribution in [0.1, 0.15) is 31.0 Å². The van der Waals surface area contributed by atoms with E-state index in [4.69, 9.17) is 33.4 Å². The van der Waals surface area contributed by atoms with Crippen LogP contribution in [0.5, 0.6) is 23.3 Å². The van der Waals surface area contributed by atoms with E-state index in [0.29, 0.717) is 108 Å². The fraction of sp³-hybridized carbons (Fsp3) is 0.389. The normalized spacial score (nSPS) is 17.8. The molecule has 2 aromatic carbocycles. The number of thiazole rings is 1. The molecule has 0 bridgehead atoms. The lowest BCUT2D eigenvalue weighted by Gasteiger charge is -2.30. The summed E-state index contributed by atoms with van der Waals surface area (Å²) in [6.07, 6.45) is 1.76. The monoisotopic (exact) mass is 729 g/mol. The topological polar surface area (TPSA) is 152 Å². The highest BCUT2D eigenvalue weighted by molar-refractivity contribution is 7.07. The Kier molecular flexibility index (Phi) is 10.5. The summed E-state index contributed by atoms with van der Waals surface area (Å²) in [7, 11) is 3.12. The standard InChI is InChI=1S/C36H39N7O8S/c1-5-50-32(45)29-22(2)37-36-43(30(29)24-7-9-25(46-3)10-8-24)31(44)28(52-36)21-23-6-11-26(27(20-23)47-4)51-35-39-33(41-12-16-48-17-13-41)38-34(40-35)42-14-18-49-19-15-42/h6-11,20-21,30H,5,12-19H2,1-4H3/b28-21+/t30-/m1/s1. The summed E-state index contributed by atoms with van der Waals surface area (Å²) in [6.45, 7) is 8.61. The molecule has 0 radical (unpaired) electrons. The third-order valence-electron chi connectivity index (χ3n) is 8.81. The smallest absolute Gasteiger partial charge is 0.338 e. The molecule has 0 saturated carbocycles. The Hall–Kier alpha value is -5.32. The highest BCUT2D eigenvalue weighted by Gasteiger charge is 2.33. The van der Waals surface area contributed by atoms with Gasteiger partial charge in [-0.25, -0.2) is 9.79 Å². The second-order valence-corrected chi connectivity index (χ2v) is 13.0. The highest BCUT2D eigenvalue weighted by atomic mass is 32.1. The van der Waals surface area contributed by atoms with Crippen LogP contribution < -0.4 is 38.9 Å². The minimum atomic E-state index is -0.737. The van der Waals surface area contributed by atoms with E-state index in [1.165, 1.54) is 11.3 Å². The largest absolute Gasteiger partial charge is 0.497 e. The maximum atomic E-state index is 14.1. The molecule has 0 aliphatic carbocycles. The maximum Gasteiger partial charge on any atom is 0.338 e. The number of esters is 1. The molecule has 52 heavy (non-hydrogen) atoms. The first-order valence-electron chi connectivity index (χ1n) is 17.0. The Bertz CT molecular complexity index is 2120. The Labute approximate surface area is 303 Å². The fourth-order valence-electron chi connectivity index (χ4n) is 6.19. The predicted octanol–water partition coefficient (Wildman–Crippen LogP) is 2.47. The van der Waals surface area contributed by atoms with Gasteiger partial charge in [0.1, 0.15) is 5.75 Å². The Morgan fingerprint density at radius 1 is 0.904 bits per heavy atom. The number of hydrogen-bond donors (Lipinski definition) is 0. The number of carbonyl (C=O) groups is 1. The van der Waals surface area contributed by atoms with Crippen LogP contribution in [0, 0.1) is 0 Å². The molecular weight excluding hydrogens is 691 g/mol. The summed E-state index contributed by atoms with van der Waals surface area (Å²) in [5.41, 5.74) is 1.91. The zero-order valence-corrected chi connectivity index (χ0v) is 30.2. The van der Waals surface area contributed by atoms with Gasteiger partial charge in [-0.05, 0) is 55.3 Å². The van der Waals surface area contributed by atoms with Crippen molar-refractivity contribution in [2.24, 2.45) is 4.99 Å². The Morgan fingerprint density at radius 3 is 2.15 bits per heavy atom. The molecule has 0 amide bonds. The molecule has 15 nitrogen and oxygen atoms in total. The first-order valence-corrected chi connectivity index (χ1v) is 17.8. The van der Waals surface area contributed by atoms with Crippen LogP contribution in [0.25, 0.3) is 6.08 Å². The van der Waals surface area contributed by atoms with Gasteiger partial charge in [0.15, 0.2) is 16.3 Å². The van der Waals surface area contributed by atoms with E-state index in [9.17, 15) is 9.59 Å². The van der Waals surface area contributed by atoms with Crippen LogP contribution in [0.2, 0.25) is 0 Å². The van der Waals surface area contributed by atoms with Gasteiger partial charge in [0.2, 0.25) is 11.9 Å². The maximum absolute atomic E-state index is 14.1. The summed E-state index contributed by atoms with van der Waals surface area (Å²) < 4.78 is 35.8. The van der Waals surface area contributed by atoms with Gasteiger partial charge in [0.05, 0.1) is 69.1 Å². The zero-order chi connectivity index (χ0) is 36.2. The number of ether oxygens (including phenoxy) is 6. The first-order chi connectivity index (χ1) is 25.4. The number of carbonyl (C=O) groups excluding carboxylic acids is 1. The molecule has 0 N–H and O–H groups in total. The van der Waals surface area contributed by atoms with Crippen molar-refractivity contribution in [2.45, 2.75) is 19.9 Å². The van der Waals surface area contributed by atoms with Gasteiger partial charge in [-0.2, -0.15) is 15.0 Å². The van der Waals surface area contributed by atoms with E-state index < -0.39 is 12.0 Å². The van der Waals surface area contributed by atoms with E-state index in [1.54, 1.807) is 63.0 Å². The van der Waals surface area contributed by atoms with Gasteiger partial charge >= 0.3 is 12.0 Å². The minimum Gasteiger partial charge on any atom is -0.497 e. The van der Waals surface area contributed by atoms with Crippen molar-refractivity contribution in [3.05, 3.63) is 84.5 Å². The summed E-state index contributed by atoms with van der Waals surface area (Å²) in [4.78, 5) is 50.6. The lowest BCUT2D eigenvalue weighted by molar-refractivity contribution is -0.139. The molecule has 2 fully saturated rings. The zero-order valence-electron chi connectivity index (χ0n) is 29.4. The van der Waals surface area contributed by atoms with E-state index in [1.807, 2.05) is 18.2 Å². The van der Waals surface area contributed by atoms with Gasteiger partial charge in [0, 0.05) is 26.2 Å². The minimum absolute atomic E-state index is 0.128. The molecule has 7 rings (SSSR count). The lowest BCUT2D eigenvalue weighted by Crippen LogP contribution is -2.40. The average molecular weight is 730 g/mol. The molecule has 16 heteroatoms. The highest BCUT2D eigenvalue weighted by Crippen LogP contribution is 2.34. The molecular formula is C36H39N7O8S. The second-order valence-electron chi connectivity index (χ2n) is 12.0. The summed E-state index contributed by atoms with van der Waals surface area (Å²) >= 11 is 1.24. The molecule has 4 aromatic rings. The number of aromatic nitrogens is 4. The predicted molar refractivity (Wildman–Crippen MR) is 192 cm³/mol. The van der Waals surface area contributed by atoms with Crippen molar-refractivity contribution < 1.29 is 33.2 Å². The average Bonchev–Trinajstić information content (AvgIpc) is 3.48. The van der Waals surface area contributed by atoms with Crippen molar-refractivity contribution in [1.82, 2.24) is 19.5 Å². The van der Waals surface area contributed by atoms with Crippen molar-refractivity contribution in [2.75, 3.05) is 83.2 Å². The van der Waals surface area contributed by atoms with Crippen LogP contribution >= 0.6 is 11.3 Å². The number of nitrogens with zero attached hydrogens (tertiary/aromatic N) is 7. The molecule has 3 aliphatic heterocycles. The van der Waals surface area contributed by atoms with Gasteiger partial charge in [-0.3, -0.25) is 9.36 Å². The number of allylic oxidation sites excluding steroid dienone is 1. The van der Waals surface area contributed by atoms with Crippen molar-refractivity contribution in [3.8, 4) is 23.3 Å². The Balaban J connectivity index is 1.23. The molecule has 3 aliphatic rings. The number of methoxy groups -OCH3 is 2. The van der Waals surface area contributed by atoms with Gasteiger partial charge in [-0.1, -0.05) is 29.5 Å². The third-order valence-corrected chi connectivity index (χ3v) is 9.80. The summed E-state index contributed by atoms with van der Waals surface area (Å²) in [5, 5.41) is 0. The number of fused-ring (bicyclic) bond motifs is 1. The first kappa shape index (κ1) is 35.1. The number of hydrogen-bond acceptors (Lipinski definition) is 15. The van der Waals surface area contributed by atoms with Gasteiger partial charge < -0.3 is 38.2 Å². The number of morpholine rings is 2. The van der Waals surface area contributed by atoms with E-state index in [-0.39, 0.29) is 18.2 Å². The molecule has 1 atom stereocenters. The molecule has 2 aromatic heterocycles. The van der Waals surface area contributed by atoms with E-state index in [0.717, 1.165) is 5.56 Å².